The van der Waals surface area contributed by atoms with Gasteiger partial charge in [-0.15, -0.1) is 0 Å². The van der Waals surface area contributed by atoms with E-state index in [1.165, 1.54) is 0 Å². The Hall–Kier alpha value is -0.580. The summed E-state index contributed by atoms with van der Waals surface area (Å²) >= 11 is 0. The molecule has 0 radical (unpaired) electrons. The molecule has 0 spiro atoms. The van der Waals surface area contributed by atoms with E-state index in [4.69, 9.17) is 5.73 Å². The van der Waals surface area contributed by atoms with Crippen molar-refractivity contribution in [3.8, 4) is 0 Å². The summed E-state index contributed by atoms with van der Waals surface area (Å²) < 4.78 is 35.0. The molecule has 2 N–H and O–H groups in total. The standard InChI is InChI=1S/C8H14F3NO/c1-2-6(12)5-7(13)3-4-8(9,10)11/h6H,2-5,12H2,1H3. The molecule has 0 aliphatic heterocycles. The fourth-order valence-electron chi connectivity index (χ4n) is 0.820. The first kappa shape index (κ1) is 12.4. The summed E-state index contributed by atoms with van der Waals surface area (Å²) in [5.74, 6) is -0.410. The van der Waals surface area contributed by atoms with Gasteiger partial charge in [-0.05, 0) is 6.42 Å². The number of nitrogens with two attached hydrogens (primary N) is 1. The Labute approximate surface area is 75.3 Å². The minimum absolute atomic E-state index is 0.0482. The van der Waals surface area contributed by atoms with Gasteiger partial charge in [-0.3, -0.25) is 4.79 Å². The van der Waals surface area contributed by atoms with Gasteiger partial charge < -0.3 is 5.73 Å². The normalized spacial score (nSPS) is 14.2. The monoisotopic (exact) mass is 197 g/mol. The van der Waals surface area contributed by atoms with E-state index >= 15 is 0 Å². The van der Waals surface area contributed by atoms with Crippen LogP contribution in [0.15, 0.2) is 0 Å². The smallest absolute Gasteiger partial charge is 0.327 e. The number of alkyl halides is 3. The molecule has 78 valence electrons. The molecular weight excluding hydrogens is 183 g/mol. The number of carbonyl (C=O) groups is 1. The molecule has 1 atom stereocenters. The molecule has 0 aliphatic carbocycles. The van der Waals surface area contributed by atoms with Gasteiger partial charge in [0.25, 0.3) is 0 Å². The van der Waals surface area contributed by atoms with Crippen molar-refractivity contribution in [2.45, 2.75) is 44.8 Å². The Morgan fingerprint density at radius 3 is 2.38 bits per heavy atom. The molecule has 0 fully saturated rings. The first-order valence-corrected chi connectivity index (χ1v) is 4.19. The zero-order chi connectivity index (χ0) is 10.5. The molecule has 0 aromatic heterocycles. The fourth-order valence-corrected chi connectivity index (χ4v) is 0.820. The summed E-state index contributed by atoms with van der Waals surface area (Å²) in [7, 11) is 0. The second-order valence-corrected chi connectivity index (χ2v) is 3.03. The van der Waals surface area contributed by atoms with Crippen LogP contribution >= 0.6 is 0 Å². The Morgan fingerprint density at radius 1 is 1.46 bits per heavy atom. The van der Waals surface area contributed by atoms with Gasteiger partial charge in [0.15, 0.2) is 0 Å². The number of carbonyl (C=O) groups excluding carboxylic acids is 1. The van der Waals surface area contributed by atoms with Gasteiger partial charge in [0.2, 0.25) is 0 Å². The number of halogens is 3. The fraction of sp³-hybridized carbons (Fsp3) is 0.875. The number of Topliss-reactive ketones (excluding diaryl/α,β-unsaturated/α-hetero) is 1. The largest absolute Gasteiger partial charge is 0.389 e. The molecule has 1 unspecified atom stereocenters. The highest BCUT2D eigenvalue weighted by atomic mass is 19.4. The van der Waals surface area contributed by atoms with E-state index in [9.17, 15) is 18.0 Å². The van der Waals surface area contributed by atoms with E-state index in [-0.39, 0.29) is 12.5 Å². The molecule has 0 aromatic carbocycles. The average molecular weight is 197 g/mol. The Balaban J connectivity index is 3.64. The maximum atomic E-state index is 11.7. The molecule has 2 nitrogen and oxygen atoms in total. The van der Waals surface area contributed by atoms with Gasteiger partial charge in [0.05, 0.1) is 6.42 Å². The van der Waals surface area contributed by atoms with Crippen molar-refractivity contribution in [1.29, 1.82) is 0 Å². The quantitative estimate of drug-likeness (QED) is 0.732. The summed E-state index contributed by atoms with van der Waals surface area (Å²) in [5, 5.41) is 0. The van der Waals surface area contributed by atoms with Gasteiger partial charge in [-0.1, -0.05) is 6.92 Å². The summed E-state index contributed by atoms with van der Waals surface area (Å²) in [6.07, 6.45) is -5.07. The van der Waals surface area contributed by atoms with E-state index < -0.39 is 24.8 Å². The van der Waals surface area contributed by atoms with Crippen molar-refractivity contribution >= 4 is 5.78 Å². The summed E-state index contributed by atoms with van der Waals surface area (Å²) in [5.41, 5.74) is 5.41. The van der Waals surface area contributed by atoms with Crippen LogP contribution in [-0.4, -0.2) is 18.0 Å². The van der Waals surface area contributed by atoms with Crippen molar-refractivity contribution in [2.24, 2.45) is 5.73 Å². The molecule has 0 saturated carbocycles. The second kappa shape index (κ2) is 5.21. The lowest BCUT2D eigenvalue weighted by Crippen LogP contribution is -2.23. The molecule has 0 rings (SSSR count). The van der Waals surface area contributed by atoms with Gasteiger partial charge in [0.1, 0.15) is 5.78 Å². The van der Waals surface area contributed by atoms with Crippen molar-refractivity contribution in [1.82, 2.24) is 0 Å². The van der Waals surface area contributed by atoms with Crippen molar-refractivity contribution in [3.63, 3.8) is 0 Å². The van der Waals surface area contributed by atoms with Crippen LogP contribution in [0.1, 0.15) is 32.6 Å². The topological polar surface area (TPSA) is 43.1 Å². The van der Waals surface area contributed by atoms with Crippen LogP contribution in [-0.2, 0) is 4.79 Å². The zero-order valence-electron chi connectivity index (χ0n) is 7.53. The number of rotatable bonds is 5. The molecule has 0 aromatic rings. The molecule has 0 heterocycles. The highest BCUT2D eigenvalue weighted by Gasteiger charge is 2.27. The molecule has 13 heavy (non-hydrogen) atoms. The van der Waals surface area contributed by atoms with Gasteiger partial charge in [0, 0.05) is 18.9 Å². The van der Waals surface area contributed by atoms with E-state index in [1.54, 1.807) is 6.92 Å². The lowest BCUT2D eigenvalue weighted by molar-refractivity contribution is -0.143. The lowest BCUT2D eigenvalue weighted by Gasteiger charge is -2.08. The van der Waals surface area contributed by atoms with Gasteiger partial charge in [-0.25, -0.2) is 0 Å². The number of hydrogen-bond donors (Lipinski definition) is 1. The minimum atomic E-state index is -4.24. The molecule has 5 heteroatoms. The molecular formula is C8H14F3NO. The maximum absolute atomic E-state index is 11.7. The molecule has 0 aliphatic rings. The zero-order valence-corrected chi connectivity index (χ0v) is 7.53. The van der Waals surface area contributed by atoms with Crippen LogP contribution in [0, 0.1) is 0 Å². The summed E-state index contributed by atoms with van der Waals surface area (Å²) in [4.78, 5) is 10.9. The Bertz CT molecular complexity index is 167. The minimum Gasteiger partial charge on any atom is -0.327 e. The average Bonchev–Trinajstić information content (AvgIpc) is 1.99. The highest BCUT2D eigenvalue weighted by molar-refractivity contribution is 5.78. The van der Waals surface area contributed by atoms with Crippen LogP contribution in [0.3, 0.4) is 0 Å². The number of hydrogen-bond acceptors (Lipinski definition) is 2. The first-order chi connectivity index (χ1) is 5.85. The van der Waals surface area contributed by atoms with Crippen LogP contribution in [0.4, 0.5) is 13.2 Å². The van der Waals surface area contributed by atoms with Crippen LogP contribution in [0.25, 0.3) is 0 Å². The summed E-state index contributed by atoms with van der Waals surface area (Å²) in [6, 6.07) is -0.305. The van der Waals surface area contributed by atoms with E-state index in [2.05, 4.69) is 0 Å². The first-order valence-electron chi connectivity index (χ1n) is 4.19. The molecule has 0 amide bonds. The van der Waals surface area contributed by atoms with Crippen molar-refractivity contribution < 1.29 is 18.0 Å². The van der Waals surface area contributed by atoms with Crippen LogP contribution < -0.4 is 5.73 Å². The predicted molar refractivity (Wildman–Crippen MR) is 43.2 cm³/mol. The third-order valence-corrected chi connectivity index (χ3v) is 1.70. The SMILES string of the molecule is CCC(N)CC(=O)CCC(F)(F)F. The number of ketones is 1. The lowest BCUT2D eigenvalue weighted by atomic mass is 10.1. The summed E-state index contributed by atoms with van der Waals surface area (Å²) in [6.45, 7) is 1.79. The maximum Gasteiger partial charge on any atom is 0.389 e. The highest BCUT2D eigenvalue weighted by Crippen LogP contribution is 2.21. The third kappa shape index (κ3) is 7.77. The van der Waals surface area contributed by atoms with Crippen molar-refractivity contribution in [2.75, 3.05) is 0 Å². The Morgan fingerprint density at radius 2 is 2.00 bits per heavy atom. The predicted octanol–water partition coefficient (Wildman–Crippen LogP) is 2.03. The third-order valence-electron chi connectivity index (χ3n) is 1.70. The van der Waals surface area contributed by atoms with E-state index in [1.807, 2.05) is 0 Å². The van der Waals surface area contributed by atoms with E-state index in [0.717, 1.165) is 0 Å². The van der Waals surface area contributed by atoms with Crippen LogP contribution in [0.5, 0.6) is 0 Å². The van der Waals surface area contributed by atoms with Crippen molar-refractivity contribution in [3.05, 3.63) is 0 Å². The molecule has 0 bridgehead atoms. The van der Waals surface area contributed by atoms with Gasteiger partial charge >= 0.3 is 6.18 Å². The van der Waals surface area contributed by atoms with Crippen LogP contribution in [0.2, 0.25) is 0 Å². The second-order valence-electron chi connectivity index (χ2n) is 3.03. The Kier molecular flexibility index (Phi) is 4.98. The molecule has 0 saturated heterocycles. The van der Waals surface area contributed by atoms with E-state index in [0.29, 0.717) is 6.42 Å². The van der Waals surface area contributed by atoms with Gasteiger partial charge in [-0.2, -0.15) is 13.2 Å².